The van der Waals surface area contributed by atoms with E-state index in [1.54, 1.807) is 6.92 Å². The topological polar surface area (TPSA) is 108 Å². The number of rotatable bonds is 5. The Kier molecular flexibility index (Phi) is 5.76. The molecule has 0 saturated carbocycles. The van der Waals surface area contributed by atoms with Gasteiger partial charge in [-0.3, -0.25) is 4.79 Å². The Balaban J connectivity index is 2.26. The Morgan fingerprint density at radius 3 is 2.12 bits per heavy atom. The highest BCUT2D eigenvalue weighted by Gasteiger charge is 2.18. The highest BCUT2D eigenvalue weighted by Crippen LogP contribution is 2.21. The van der Waals surface area contributed by atoms with E-state index in [9.17, 15) is 14.4 Å². The van der Waals surface area contributed by atoms with E-state index in [-0.39, 0.29) is 28.5 Å². The molecule has 1 N–H and O–H groups in total. The van der Waals surface area contributed by atoms with E-state index in [4.69, 9.17) is 16.1 Å². The number of ether oxygens (including phenoxy) is 2. The van der Waals surface area contributed by atoms with E-state index in [0.717, 1.165) is 0 Å². The maximum Gasteiger partial charge on any atom is 0.337 e. The summed E-state index contributed by atoms with van der Waals surface area (Å²) in [6.45, 7) is 1.66. The first-order chi connectivity index (χ1) is 11.8. The fourth-order valence-electron chi connectivity index (χ4n) is 2.10. The van der Waals surface area contributed by atoms with Crippen molar-refractivity contribution in [3.8, 4) is 0 Å². The number of aryl methyl sites for hydroxylation is 1. The van der Waals surface area contributed by atoms with Crippen LogP contribution in [0.5, 0.6) is 0 Å². The smallest absolute Gasteiger partial charge is 0.337 e. The Labute approximate surface area is 148 Å². The third-order valence-electron chi connectivity index (χ3n) is 3.33. The number of benzene rings is 1. The van der Waals surface area contributed by atoms with Gasteiger partial charge in [-0.05, 0) is 36.7 Å². The number of halogens is 1. The molecule has 1 aromatic heterocycles. The van der Waals surface area contributed by atoms with Crippen molar-refractivity contribution in [1.29, 1.82) is 0 Å². The van der Waals surface area contributed by atoms with Gasteiger partial charge in [-0.15, -0.1) is 0 Å². The molecule has 132 valence electrons. The minimum Gasteiger partial charge on any atom is -0.465 e. The Morgan fingerprint density at radius 2 is 1.68 bits per heavy atom. The minimum absolute atomic E-state index is 0.0335. The van der Waals surface area contributed by atoms with Gasteiger partial charge in [0.15, 0.2) is 0 Å². The average molecular weight is 367 g/mol. The molecule has 0 radical (unpaired) electrons. The lowest BCUT2D eigenvalue weighted by Gasteiger charge is -2.09. The summed E-state index contributed by atoms with van der Waals surface area (Å²) in [6, 6.07) is 4.09. The lowest BCUT2D eigenvalue weighted by Crippen LogP contribution is -2.16. The number of esters is 2. The number of carbonyl (C=O) groups excluding carboxylic acids is 3. The maximum atomic E-state index is 12.2. The summed E-state index contributed by atoms with van der Waals surface area (Å²) in [7, 11) is 2.42. The molecule has 2 aromatic rings. The third kappa shape index (κ3) is 4.36. The van der Waals surface area contributed by atoms with Crippen LogP contribution in [0.1, 0.15) is 32.0 Å². The SMILES string of the molecule is COC(=O)c1cc(NC(=O)Cc2c(C)noc2Cl)cc(C(=O)OC)c1. The van der Waals surface area contributed by atoms with Gasteiger partial charge >= 0.3 is 11.9 Å². The van der Waals surface area contributed by atoms with Gasteiger partial charge in [0.05, 0.1) is 37.5 Å². The Morgan fingerprint density at radius 1 is 1.12 bits per heavy atom. The quantitative estimate of drug-likeness (QED) is 0.809. The third-order valence-corrected chi connectivity index (χ3v) is 3.63. The molecule has 0 bridgehead atoms. The lowest BCUT2D eigenvalue weighted by molar-refractivity contribution is -0.115. The number of amides is 1. The van der Waals surface area contributed by atoms with Gasteiger partial charge in [0.2, 0.25) is 11.1 Å². The molecule has 0 aliphatic heterocycles. The number of nitrogens with one attached hydrogen (secondary N) is 1. The number of carbonyl (C=O) groups is 3. The van der Waals surface area contributed by atoms with Crippen LogP contribution in [-0.4, -0.2) is 37.2 Å². The Hall–Kier alpha value is -2.87. The molecular weight excluding hydrogens is 352 g/mol. The zero-order valence-electron chi connectivity index (χ0n) is 13.7. The number of anilines is 1. The molecular formula is C16H15ClN2O6. The van der Waals surface area contributed by atoms with Crippen LogP contribution >= 0.6 is 11.6 Å². The van der Waals surface area contributed by atoms with Crippen molar-refractivity contribution < 1.29 is 28.4 Å². The van der Waals surface area contributed by atoms with Crippen LogP contribution < -0.4 is 5.32 Å². The van der Waals surface area contributed by atoms with Gasteiger partial charge in [-0.1, -0.05) is 5.16 Å². The van der Waals surface area contributed by atoms with Gasteiger partial charge in [-0.25, -0.2) is 9.59 Å². The summed E-state index contributed by atoms with van der Waals surface area (Å²) < 4.78 is 14.1. The summed E-state index contributed by atoms with van der Waals surface area (Å²) in [5, 5.41) is 6.29. The first-order valence-corrected chi connectivity index (χ1v) is 7.45. The summed E-state index contributed by atoms with van der Waals surface area (Å²) in [5.74, 6) is -1.73. The fourth-order valence-corrected chi connectivity index (χ4v) is 2.33. The molecule has 0 aliphatic carbocycles. The predicted octanol–water partition coefficient (Wildman–Crippen LogP) is 2.39. The minimum atomic E-state index is -0.654. The Bertz CT molecular complexity index is 776. The molecule has 1 aromatic carbocycles. The van der Waals surface area contributed by atoms with Crippen molar-refractivity contribution >= 4 is 35.1 Å². The summed E-state index contributed by atoms with van der Waals surface area (Å²) in [6.07, 6.45) is -0.0792. The molecule has 0 saturated heterocycles. The molecule has 0 unspecified atom stereocenters. The van der Waals surface area contributed by atoms with Crippen molar-refractivity contribution in [1.82, 2.24) is 5.16 Å². The largest absolute Gasteiger partial charge is 0.465 e. The highest BCUT2D eigenvalue weighted by molar-refractivity contribution is 6.29. The van der Waals surface area contributed by atoms with E-state index < -0.39 is 17.8 Å². The monoisotopic (exact) mass is 366 g/mol. The van der Waals surface area contributed by atoms with Crippen molar-refractivity contribution in [3.05, 3.63) is 45.8 Å². The second kappa shape index (κ2) is 7.80. The standard InChI is InChI=1S/C16H15ClN2O6/c1-8-12(14(17)25-19-8)7-13(20)18-11-5-9(15(21)23-2)4-10(6-11)16(22)24-3/h4-6H,7H2,1-3H3,(H,18,20). The number of hydrogen-bond donors (Lipinski definition) is 1. The first kappa shape index (κ1) is 18.5. The van der Waals surface area contributed by atoms with Gasteiger partial charge in [-0.2, -0.15) is 0 Å². The van der Waals surface area contributed by atoms with E-state index in [1.807, 2.05) is 0 Å². The molecule has 0 spiro atoms. The maximum absolute atomic E-state index is 12.2. The van der Waals surface area contributed by atoms with Gasteiger partial charge < -0.3 is 19.3 Å². The van der Waals surface area contributed by atoms with E-state index >= 15 is 0 Å². The van der Waals surface area contributed by atoms with Crippen LogP contribution in [-0.2, 0) is 20.7 Å². The van der Waals surface area contributed by atoms with Crippen molar-refractivity contribution in [2.75, 3.05) is 19.5 Å². The van der Waals surface area contributed by atoms with Gasteiger partial charge in [0.25, 0.3) is 0 Å². The molecule has 2 rings (SSSR count). The van der Waals surface area contributed by atoms with Crippen LogP contribution in [0.15, 0.2) is 22.7 Å². The van der Waals surface area contributed by atoms with Crippen LogP contribution in [0.25, 0.3) is 0 Å². The molecule has 1 amide bonds. The van der Waals surface area contributed by atoms with Crippen molar-refractivity contribution in [3.63, 3.8) is 0 Å². The number of aromatic nitrogens is 1. The number of hydrogen-bond acceptors (Lipinski definition) is 7. The molecule has 0 atom stereocenters. The van der Waals surface area contributed by atoms with Crippen molar-refractivity contribution in [2.24, 2.45) is 0 Å². The first-order valence-electron chi connectivity index (χ1n) is 7.08. The summed E-state index contributed by atoms with van der Waals surface area (Å²) in [5.41, 5.74) is 1.38. The predicted molar refractivity (Wildman–Crippen MR) is 87.7 cm³/mol. The number of methoxy groups -OCH3 is 2. The zero-order valence-corrected chi connectivity index (χ0v) is 14.5. The summed E-state index contributed by atoms with van der Waals surface area (Å²) >= 11 is 5.83. The molecule has 0 aliphatic rings. The molecule has 1 heterocycles. The second-order valence-corrected chi connectivity index (χ2v) is 5.37. The van der Waals surface area contributed by atoms with Crippen LogP contribution in [0.2, 0.25) is 5.22 Å². The highest BCUT2D eigenvalue weighted by atomic mass is 35.5. The summed E-state index contributed by atoms with van der Waals surface area (Å²) in [4.78, 5) is 35.7. The zero-order chi connectivity index (χ0) is 18.6. The normalized spacial score (nSPS) is 10.2. The molecule has 9 heteroatoms. The van der Waals surface area contributed by atoms with Gasteiger partial charge in [0.1, 0.15) is 0 Å². The van der Waals surface area contributed by atoms with Crippen molar-refractivity contribution in [2.45, 2.75) is 13.3 Å². The van der Waals surface area contributed by atoms with Crippen LogP contribution in [0.3, 0.4) is 0 Å². The second-order valence-electron chi connectivity index (χ2n) is 5.03. The molecule has 8 nitrogen and oxygen atoms in total. The number of nitrogens with zero attached hydrogens (tertiary/aromatic N) is 1. The molecule has 0 fully saturated rings. The average Bonchev–Trinajstić information content (AvgIpc) is 2.91. The van der Waals surface area contributed by atoms with Gasteiger partial charge in [0, 0.05) is 11.3 Å². The molecule has 25 heavy (non-hydrogen) atoms. The lowest BCUT2D eigenvalue weighted by atomic mass is 10.1. The van der Waals surface area contributed by atoms with E-state index in [2.05, 4.69) is 19.9 Å². The van der Waals surface area contributed by atoms with E-state index in [1.165, 1.54) is 32.4 Å². The van der Waals surface area contributed by atoms with Crippen LogP contribution in [0, 0.1) is 6.92 Å². The fraction of sp³-hybridized carbons (Fsp3) is 0.250. The van der Waals surface area contributed by atoms with Crippen LogP contribution in [0.4, 0.5) is 5.69 Å². The van der Waals surface area contributed by atoms with E-state index in [0.29, 0.717) is 11.3 Å².